The van der Waals surface area contributed by atoms with Crippen LogP contribution in [0, 0.1) is 11.8 Å². The summed E-state index contributed by atoms with van der Waals surface area (Å²) in [7, 11) is 0. The molecular formula is C29H37NO6. The first-order valence-corrected chi connectivity index (χ1v) is 12.5. The number of carbonyl (C=O) groups excluding carboxylic acids is 3. The Kier molecular flexibility index (Phi) is 8.77. The Bertz CT molecular complexity index is 1040. The highest BCUT2D eigenvalue weighted by atomic mass is 16.6. The van der Waals surface area contributed by atoms with Crippen LogP contribution in [0.1, 0.15) is 65.0 Å². The van der Waals surface area contributed by atoms with E-state index in [0.29, 0.717) is 6.42 Å². The van der Waals surface area contributed by atoms with Crippen LogP contribution in [0.5, 0.6) is 0 Å². The van der Waals surface area contributed by atoms with Gasteiger partial charge in [0.2, 0.25) is 0 Å². The molecule has 2 aromatic carbocycles. The van der Waals surface area contributed by atoms with E-state index in [-0.39, 0.29) is 25.0 Å². The minimum atomic E-state index is -0.992. The lowest BCUT2D eigenvalue weighted by molar-refractivity contribution is -0.178. The van der Waals surface area contributed by atoms with Crippen LogP contribution in [0.25, 0.3) is 11.1 Å². The molecule has 2 atom stereocenters. The number of hydrogen-bond donors (Lipinski definition) is 1. The van der Waals surface area contributed by atoms with Crippen molar-refractivity contribution in [2.75, 3.05) is 13.2 Å². The summed E-state index contributed by atoms with van der Waals surface area (Å²) in [6.07, 6.45) is -1.25. The van der Waals surface area contributed by atoms with Crippen LogP contribution < -0.4 is 5.32 Å². The lowest BCUT2D eigenvalue weighted by Gasteiger charge is -2.25. The minimum Gasteiger partial charge on any atom is -0.457 e. The van der Waals surface area contributed by atoms with Crippen molar-refractivity contribution in [1.29, 1.82) is 0 Å². The van der Waals surface area contributed by atoms with Gasteiger partial charge < -0.3 is 19.5 Å². The molecule has 1 N–H and O–H groups in total. The molecule has 1 aliphatic carbocycles. The molecule has 2 aromatic rings. The minimum absolute atomic E-state index is 0.0260. The van der Waals surface area contributed by atoms with Crippen molar-refractivity contribution >= 4 is 18.0 Å². The summed E-state index contributed by atoms with van der Waals surface area (Å²) >= 11 is 0. The summed E-state index contributed by atoms with van der Waals surface area (Å²) < 4.78 is 16.4. The van der Waals surface area contributed by atoms with Crippen molar-refractivity contribution in [2.45, 2.75) is 65.6 Å². The van der Waals surface area contributed by atoms with Crippen molar-refractivity contribution < 1.29 is 28.6 Å². The summed E-state index contributed by atoms with van der Waals surface area (Å²) in [5.74, 6) is -1.73. The maximum Gasteiger partial charge on any atom is 0.407 e. The number of carbonyl (C=O) groups is 3. The van der Waals surface area contributed by atoms with Gasteiger partial charge in [-0.3, -0.25) is 4.79 Å². The molecule has 7 nitrogen and oxygen atoms in total. The fraction of sp³-hybridized carbons (Fsp3) is 0.483. The van der Waals surface area contributed by atoms with Crippen LogP contribution >= 0.6 is 0 Å². The van der Waals surface area contributed by atoms with Crippen molar-refractivity contribution in [2.24, 2.45) is 11.8 Å². The van der Waals surface area contributed by atoms with Crippen molar-refractivity contribution in [3.8, 4) is 11.1 Å². The first-order chi connectivity index (χ1) is 17.0. The van der Waals surface area contributed by atoms with E-state index in [1.807, 2.05) is 38.1 Å². The molecule has 0 bridgehead atoms. The summed E-state index contributed by atoms with van der Waals surface area (Å²) in [6, 6.07) is 16.2. The van der Waals surface area contributed by atoms with Gasteiger partial charge in [0.1, 0.15) is 12.2 Å². The third-order valence-corrected chi connectivity index (χ3v) is 5.91. The summed E-state index contributed by atoms with van der Waals surface area (Å²) in [5.41, 5.74) is 3.87. The first kappa shape index (κ1) is 27.2. The highest BCUT2D eigenvalue weighted by Gasteiger charge is 2.31. The molecule has 0 radical (unpaired) electrons. The first-order valence-electron chi connectivity index (χ1n) is 12.5. The number of nitrogens with one attached hydrogen (secondary N) is 1. The van der Waals surface area contributed by atoms with Gasteiger partial charge in [0.15, 0.2) is 6.10 Å². The maximum atomic E-state index is 12.6. The molecular weight excluding hydrogens is 458 g/mol. The van der Waals surface area contributed by atoms with Crippen LogP contribution in [0.4, 0.5) is 4.79 Å². The second kappa shape index (κ2) is 11.6. The number of hydrogen-bond acceptors (Lipinski definition) is 6. The zero-order valence-corrected chi connectivity index (χ0v) is 22.0. The van der Waals surface area contributed by atoms with E-state index < -0.39 is 35.7 Å². The molecule has 0 aliphatic heterocycles. The van der Waals surface area contributed by atoms with Gasteiger partial charge in [-0.2, -0.15) is 0 Å². The molecule has 0 unspecified atom stereocenters. The fourth-order valence-electron chi connectivity index (χ4n) is 4.21. The lowest BCUT2D eigenvalue weighted by Crippen LogP contribution is -2.39. The number of ether oxygens (including phenoxy) is 3. The van der Waals surface area contributed by atoms with E-state index in [9.17, 15) is 14.4 Å². The van der Waals surface area contributed by atoms with E-state index in [2.05, 4.69) is 29.6 Å². The Morgan fingerprint density at radius 1 is 0.889 bits per heavy atom. The van der Waals surface area contributed by atoms with Crippen molar-refractivity contribution in [1.82, 2.24) is 5.32 Å². The predicted molar refractivity (Wildman–Crippen MR) is 137 cm³/mol. The van der Waals surface area contributed by atoms with E-state index in [4.69, 9.17) is 14.2 Å². The van der Waals surface area contributed by atoms with Gasteiger partial charge in [-0.05, 0) is 55.4 Å². The molecule has 0 heterocycles. The average Bonchev–Trinajstić information content (AvgIpc) is 3.13. The number of benzene rings is 2. The van der Waals surface area contributed by atoms with E-state index in [1.54, 1.807) is 27.7 Å². The van der Waals surface area contributed by atoms with Crippen molar-refractivity contribution in [3.63, 3.8) is 0 Å². The fourth-order valence-corrected chi connectivity index (χ4v) is 4.21. The second-order valence-corrected chi connectivity index (χ2v) is 10.7. The molecule has 0 fully saturated rings. The summed E-state index contributed by atoms with van der Waals surface area (Å²) in [5, 5.41) is 2.64. The average molecular weight is 496 g/mol. The van der Waals surface area contributed by atoms with Gasteiger partial charge in [-0.1, -0.05) is 69.3 Å². The van der Waals surface area contributed by atoms with Gasteiger partial charge >= 0.3 is 18.0 Å². The quantitative estimate of drug-likeness (QED) is 0.367. The zero-order valence-electron chi connectivity index (χ0n) is 22.0. The van der Waals surface area contributed by atoms with Gasteiger partial charge in [0.05, 0.1) is 5.92 Å². The highest BCUT2D eigenvalue weighted by molar-refractivity contribution is 5.81. The Morgan fingerprint density at radius 3 is 1.97 bits per heavy atom. The molecule has 1 aliphatic rings. The number of amides is 1. The largest absolute Gasteiger partial charge is 0.457 e. The van der Waals surface area contributed by atoms with E-state index in [1.165, 1.54) is 0 Å². The smallest absolute Gasteiger partial charge is 0.407 e. The van der Waals surface area contributed by atoms with E-state index >= 15 is 0 Å². The zero-order chi connectivity index (χ0) is 26.5. The summed E-state index contributed by atoms with van der Waals surface area (Å²) in [6.45, 7) is 11.0. The predicted octanol–water partition coefficient (Wildman–Crippen LogP) is 5.46. The Hall–Kier alpha value is -3.35. The standard InChI is InChI=1S/C29H37NO6/c1-18(2)15-25(27(32)36-29(4,5)6)35-26(31)19(3)16-30-28(33)34-17-24-22-13-9-7-11-20(22)21-12-8-10-14-23(21)24/h7-14,18-19,24-25H,15-17H2,1-6H3,(H,30,33)/t19-,25+/m1/s1. The van der Waals surface area contributed by atoms with E-state index in [0.717, 1.165) is 22.3 Å². The Labute approximate surface area is 213 Å². The molecule has 0 saturated carbocycles. The SMILES string of the molecule is CC(C)C[C@H](OC(=O)[C@H](C)CNC(=O)OCC1c2ccccc2-c2ccccc21)C(=O)OC(C)(C)C. The van der Waals surface area contributed by atoms with Crippen LogP contribution in [0.3, 0.4) is 0 Å². The monoisotopic (exact) mass is 495 g/mol. The number of rotatable bonds is 9. The molecule has 194 valence electrons. The van der Waals surface area contributed by atoms with Gasteiger partial charge in [-0.25, -0.2) is 9.59 Å². The molecule has 0 saturated heterocycles. The molecule has 1 amide bonds. The summed E-state index contributed by atoms with van der Waals surface area (Å²) in [4.78, 5) is 37.6. The molecule has 3 rings (SSSR count). The maximum absolute atomic E-state index is 12.6. The van der Waals surface area contributed by atoms with Crippen LogP contribution in [0.15, 0.2) is 48.5 Å². The van der Waals surface area contributed by atoms with Gasteiger partial charge in [0, 0.05) is 12.5 Å². The third-order valence-electron chi connectivity index (χ3n) is 5.91. The van der Waals surface area contributed by atoms with Crippen LogP contribution in [-0.4, -0.2) is 42.9 Å². The molecule has 0 aromatic heterocycles. The molecule has 7 heteroatoms. The highest BCUT2D eigenvalue weighted by Crippen LogP contribution is 2.44. The van der Waals surface area contributed by atoms with Crippen LogP contribution in [0.2, 0.25) is 0 Å². The number of esters is 2. The normalized spacial score (nSPS) is 14.4. The molecule has 36 heavy (non-hydrogen) atoms. The lowest BCUT2D eigenvalue weighted by atomic mass is 9.98. The van der Waals surface area contributed by atoms with Crippen LogP contribution in [-0.2, 0) is 23.8 Å². The number of alkyl carbamates (subject to hydrolysis) is 1. The molecule has 0 spiro atoms. The Balaban J connectivity index is 1.52. The second-order valence-electron chi connectivity index (χ2n) is 10.7. The van der Waals surface area contributed by atoms with Crippen molar-refractivity contribution in [3.05, 3.63) is 59.7 Å². The van der Waals surface area contributed by atoms with Gasteiger partial charge in [0.25, 0.3) is 0 Å². The third kappa shape index (κ3) is 7.09. The topological polar surface area (TPSA) is 90.9 Å². The Morgan fingerprint density at radius 2 is 1.44 bits per heavy atom. The number of fused-ring (bicyclic) bond motifs is 3. The van der Waals surface area contributed by atoms with Gasteiger partial charge in [-0.15, -0.1) is 0 Å².